The van der Waals surface area contributed by atoms with E-state index in [1.165, 1.54) is 244 Å². The van der Waals surface area contributed by atoms with Crippen LogP contribution in [0.5, 0.6) is 0 Å². The van der Waals surface area contributed by atoms with Gasteiger partial charge >= 0.3 is 7.82 Å². The molecule has 0 bridgehead atoms. The van der Waals surface area contributed by atoms with Crippen molar-refractivity contribution in [2.24, 2.45) is 0 Å². The monoisotopic (exact) mass is 958 g/mol. The number of rotatable bonds is 55. The number of amides is 1. The highest BCUT2D eigenvalue weighted by Gasteiger charge is 2.28. The van der Waals surface area contributed by atoms with Crippen LogP contribution in [0, 0.1) is 0 Å². The highest BCUT2D eigenvalue weighted by atomic mass is 31.2. The molecule has 8 nitrogen and oxygen atoms in total. The predicted octanol–water partition coefficient (Wildman–Crippen LogP) is 17.7. The number of unbranched alkanes of at least 4 members (excludes halogenated alkanes) is 42. The molecule has 3 N–H and O–H groups in total. The Hall–Kier alpha value is -0.500. The first-order valence-corrected chi connectivity index (χ1v) is 30.9. The highest BCUT2D eigenvalue weighted by Crippen LogP contribution is 2.43. The molecule has 0 aliphatic rings. The molecular formula is C57H118N2O6P+. The molecule has 0 aromatic carbocycles. The second kappa shape index (κ2) is 49.5. The second-order valence-electron chi connectivity index (χ2n) is 21.7. The van der Waals surface area contributed by atoms with Gasteiger partial charge in [0.25, 0.3) is 0 Å². The standard InChI is InChI=1S/C57H117N2O6P/c1-6-8-10-12-14-16-18-20-22-24-26-28-30-32-34-36-38-40-42-44-46-48-50-56(60)55(54-65-66(62,63)64-53-52-59(3,4)5)58-57(61)51-49-47-45-43-41-39-37-35-33-31-29-27-25-23-21-19-17-15-13-11-9-7-2/h55-56,60H,6-54H2,1-5H3,(H-,58,61,62,63)/p+1. The van der Waals surface area contributed by atoms with Crippen molar-refractivity contribution in [3.63, 3.8) is 0 Å². The number of aliphatic hydroxyl groups is 1. The zero-order chi connectivity index (χ0) is 48.5. The molecule has 0 heterocycles. The van der Waals surface area contributed by atoms with E-state index >= 15 is 0 Å². The van der Waals surface area contributed by atoms with E-state index in [4.69, 9.17) is 9.05 Å². The van der Waals surface area contributed by atoms with Crippen LogP contribution < -0.4 is 5.32 Å². The molecule has 0 aliphatic carbocycles. The van der Waals surface area contributed by atoms with Crippen molar-refractivity contribution in [1.82, 2.24) is 5.32 Å². The molecule has 0 aromatic rings. The quantitative estimate of drug-likeness (QED) is 0.0319. The minimum atomic E-state index is -4.32. The Labute approximate surface area is 412 Å². The molecular weight excluding hydrogens is 840 g/mol. The number of phosphoric acid groups is 1. The van der Waals surface area contributed by atoms with Gasteiger partial charge in [-0.25, -0.2) is 4.57 Å². The number of nitrogens with one attached hydrogen (secondary N) is 1. The van der Waals surface area contributed by atoms with Gasteiger partial charge in [-0.3, -0.25) is 13.8 Å². The molecule has 0 aromatic heterocycles. The maximum atomic E-state index is 13.0. The summed E-state index contributed by atoms with van der Waals surface area (Å²) in [5.74, 6) is -0.136. The number of carbonyl (C=O) groups is 1. The fraction of sp³-hybridized carbons (Fsp3) is 0.982. The summed E-state index contributed by atoms with van der Waals surface area (Å²) >= 11 is 0. The molecule has 3 unspecified atom stereocenters. The molecule has 9 heteroatoms. The van der Waals surface area contributed by atoms with Gasteiger partial charge in [0.15, 0.2) is 0 Å². The fourth-order valence-corrected chi connectivity index (χ4v) is 9.96. The number of carbonyl (C=O) groups excluding carboxylic acids is 1. The SMILES string of the molecule is CCCCCCCCCCCCCCCCCCCCCCCCC(=O)NC(COP(=O)(O)OCC[N+](C)(C)C)C(O)CCCCCCCCCCCCCCCCCCCCCCCC. The van der Waals surface area contributed by atoms with Crippen LogP contribution >= 0.6 is 7.82 Å². The van der Waals surface area contributed by atoms with Gasteiger partial charge in [0.2, 0.25) is 5.91 Å². The van der Waals surface area contributed by atoms with E-state index < -0.39 is 20.0 Å². The highest BCUT2D eigenvalue weighted by molar-refractivity contribution is 7.47. The van der Waals surface area contributed by atoms with Gasteiger partial charge < -0.3 is 19.8 Å². The lowest BCUT2D eigenvalue weighted by Gasteiger charge is -2.26. The predicted molar refractivity (Wildman–Crippen MR) is 286 cm³/mol. The molecule has 1 amide bonds. The van der Waals surface area contributed by atoms with Gasteiger partial charge in [-0.05, 0) is 12.8 Å². The topological polar surface area (TPSA) is 105 Å². The van der Waals surface area contributed by atoms with Crippen LogP contribution in [0.4, 0.5) is 0 Å². The molecule has 0 rings (SSSR count). The Bertz CT molecular complexity index is 1040. The molecule has 0 spiro atoms. The normalized spacial score (nSPS) is 13.9. The third-order valence-corrected chi connectivity index (χ3v) is 14.8. The molecule has 0 fully saturated rings. The number of nitrogens with zero attached hydrogens (tertiary/aromatic N) is 1. The minimum Gasteiger partial charge on any atom is -0.391 e. The van der Waals surface area contributed by atoms with E-state index in [1.54, 1.807) is 0 Å². The Balaban J connectivity index is 4.12. The minimum absolute atomic E-state index is 0.0792. The molecule has 66 heavy (non-hydrogen) atoms. The van der Waals surface area contributed by atoms with Crippen molar-refractivity contribution in [1.29, 1.82) is 0 Å². The van der Waals surface area contributed by atoms with Crippen LogP contribution in [0.1, 0.15) is 309 Å². The van der Waals surface area contributed by atoms with Crippen LogP contribution in [0.15, 0.2) is 0 Å². The van der Waals surface area contributed by atoms with E-state index in [0.29, 0.717) is 23.9 Å². The zero-order valence-corrected chi connectivity index (χ0v) is 46.1. The summed E-state index contributed by atoms with van der Waals surface area (Å²) in [5.41, 5.74) is 0. The zero-order valence-electron chi connectivity index (χ0n) is 45.2. The second-order valence-corrected chi connectivity index (χ2v) is 23.2. The van der Waals surface area contributed by atoms with Gasteiger partial charge in [0.05, 0.1) is 39.9 Å². The van der Waals surface area contributed by atoms with Crippen LogP contribution in [-0.4, -0.2) is 73.4 Å². The smallest absolute Gasteiger partial charge is 0.391 e. The van der Waals surface area contributed by atoms with Crippen molar-refractivity contribution in [3.05, 3.63) is 0 Å². The molecule has 0 aliphatic heterocycles. The van der Waals surface area contributed by atoms with Crippen molar-refractivity contribution in [2.75, 3.05) is 40.9 Å². The third kappa shape index (κ3) is 51.4. The van der Waals surface area contributed by atoms with Crippen LogP contribution in [0.2, 0.25) is 0 Å². The van der Waals surface area contributed by atoms with E-state index in [2.05, 4.69) is 19.2 Å². The molecule has 396 valence electrons. The Morgan fingerprint density at radius 1 is 0.455 bits per heavy atom. The van der Waals surface area contributed by atoms with Crippen molar-refractivity contribution >= 4 is 13.7 Å². The van der Waals surface area contributed by atoms with E-state index in [-0.39, 0.29) is 19.1 Å². The number of hydrogen-bond acceptors (Lipinski definition) is 5. The largest absolute Gasteiger partial charge is 0.472 e. The number of quaternary nitrogens is 1. The Kier molecular flexibility index (Phi) is 49.1. The first kappa shape index (κ1) is 65.5. The summed E-state index contributed by atoms with van der Waals surface area (Å²) in [6.45, 7) is 4.95. The molecule has 3 atom stereocenters. The van der Waals surface area contributed by atoms with E-state index in [9.17, 15) is 19.4 Å². The van der Waals surface area contributed by atoms with Crippen molar-refractivity contribution in [3.8, 4) is 0 Å². The summed E-state index contributed by atoms with van der Waals surface area (Å²) in [6, 6.07) is -0.755. The molecule has 0 saturated heterocycles. The first-order valence-electron chi connectivity index (χ1n) is 29.4. The summed E-state index contributed by atoms with van der Waals surface area (Å²) in [5, 5.41) is 14.1. The van der Waals surface area contributed by atoms with E-state index in [1.807, 2.05) is 21.1 Å². The number of phosphoric ester groups is 1. The summed E-state index contributed by atoms with van der Waals surface area (Å²) in [7, 11) is 1.64. The fourth-order valence-electron chi connectivity index (χ4n) is 9.23. The number of likely N-dealkylation sites (N-methyl/N-ethyl adjacent to an activating group) is 1. The lowest BCUT2D eigenvalue weighted by Crippen LogP contribution is -2.46. The lowest BCUT2D eigenvalue weighted by atomic mass is 10.0. The van der Waals surface area contributed by atoms with Crippen molar-refractivity contribution < 1.29 is 32.9 Å². The first-order chi connectivity index (χ1) is 32.0. The average Bonchev–Trinajstić information content (AvgIpc) is 3.28. The lowest BCUT2D eigenvalue weighted by molar-refractivity contribution is -0.870. The molecule has 0 saturated carbocycles. The van der Waals surface area contributed by atoms with Gasteiger partial charge in [0, 0.05) is 6.42 Å². The Morgan fingerprint density at radius 2 is 0.727 bits per heavy atom. The summed E-state index contributed by atoms with van der Waals surface area (Å²) in [6.07, 6.45) is 58.7. The Morgan fingerprint density at radius 3 is 1.02 bits per heavy atom. The van der Waals surface area contributed by atoms with Gasteiger partial charge in [-0.15, -0.1) is 0 Å². The molecule has 0 radical (unpaired) electrons. The summed E-state index contributed by atoms with van der Waals surface area (Å²) < 4.78 is 23.8. The maximum Gasteiger partial charge on any atom is 0.472 e. The van der Waals surface area contributed by atoms with Gasteiger partial charge in [-0.2, -0.15) is 0 Å². The van der Waals surface area contributed by atoms with Gasteiger partial charge in [-0.1, -0.05) is 290 Å². The maximum absolute atomic E-state index is 13.0. The number of hydrogen-bond donors (Lipinski definition) is 3. The van der Waals surface area contributed by atoms with Crippen LogP contribution in [-0.2, 0) is 18.4 Å². The summed E-state index contributed by atoms with van der Waals surface area (Å²) in [4.78, 5) is 23.3. The van der Waals surface area contributed by atoms with Crippen molar-refractivity contribution in [2.45, 2.75) is 321 Å². The third-order valence-electron chi connectivity index (χ3n) is 13.9. The van der Waals surface area contributed by atoms with E-state index in [0.717, 1.165) is 38.5 Å². The van der Waals surface area contributed by atoms with Crippen LogP contribution in [0.3, 0.4) is 0 Å². The van der Waals surface area contributed by atoms with Crippen LogP contribution in [0.25, 0.3) is 0 Å². The number of aliphatic hydroxyl groups excluding tert-OH is 1. The average molecular weight is 959 g/mol. The van der Waals surface area contributed by atoms with Gasteiger partial charge in [0.1, 0.15) is 13.2 Å².